The number of benzene rings is 2. The Kier molecular flexibility index (Phi) is 5.19. The molecule has 2 aromatic carbocycles. The van der Waals surface area contributed by atoms with E-state index in [1.807, 2.05) is 23.1 Å². The highest BCUT2D eigenvalue weighted by atomic mass is 16.5. The largest absolute Gasteiger partial charge is 0.490 e. The lowest BCUT2D eigenvalue weighted by Crippen LogP contribution is -2.30. The number of anilines is 1. The highest BCUT2D eigenvalue weighted by Gasteiger charge is 2.31. The number of fused-ring (bicyclic) bond motifs is 1. The molecule has 0 aliphatic carbocycles. The number of likely N-dealkylation sites (tertiary alicyclic amines) is 1. The molecule has 2 aliphatic heterocycles. The molecular weight excluding hydrogens is 356 g/mol. The maximum absolute atomic E-state index is 13.1. The van der Waals surface area contributed by atoms with Gasteiger partial charge in [-0.2, -0.15) is 0 Å². The van der Waals surface area contributed by atoms with Crippen LogP contribution < -0.4 is 14.8 Å². The van der Waals surface area contributed by atoms with Crippen molar-refractivity contribution in [1.29, 1.82) is 0 Å². The smallest absolute Gasteiger partial charge is 0.254 e. The molecule has 28 heavy (non-hydrogen) atoms. The van der Waals surface area contributed by atoms with E-state index in [1.165, 1.54) is 6.92 Å². The minimum absolute atomic E-state index is 0.00369. The highest BCUT2D eigenvalue weighted by Crippen LogP contribution is 2.38. The lowest BCUT2D eigenvalue weighted by molar-refractivity contribution is -0.114. The van der Waals surface area contributed by atoms with Crippen LogP contribution in [-0.2, 0) is 4.79 Å². The Morgan fingerprint density at radius 3 is 2.50 bits per heavy atom. The third-order valence-corrected chi connectivity index (χ3v) is 5.12. The van der Waals surface area contributed by atoms with Crippen molar-refractivity contribution in [1.82, 2.24) is 4.90 Å². The van der Waals surface area contributed by atoms with Crippen LogP contribution in [0.4, 0.5) is 5.69 Å². The van der Waals surface area contributed by atoms with Gasteiger partial charge in [-0.3, -0.25) is 9.59 Å². The van der Waals surface area contributed by atoms with Crippen LogP contribution in [0.25, 0.3) is 0 Å². The summed E-state index contributed by atoms with van der Waals surface area (Å²) in [7, 11) is 0. The van der Waals surface area contributed by atoms with Crippen molar-refractivity contribution in [3.05, 3.63) is 53.6 Å². The maximum Gasteiger partial charge on any atom is 0.254 e. The molecule has 146 valence electrons. The number of carbonyl (C=O) groups is 2. The molecule has 4 rings (SSSR count). The monoisotopic (exact) mass is 380 g/mol. The van der Waals surface area contributed by atoms with E-state index in [0.29, 0.717) is 24.5 Å². The van der Waals surface area contributed by atoms with E-state index in [2.05, 4.69) is 5.32 Å². The second-order valence-electron chi connectivity index (χ2n) is 7.17. The van der Waals surface area contributed by atoms with Gasteiger partial charge in [0, 0.05) is 31.1 Å². The first kappa shape index (κ1) is 18.3. The number of carbonyl (C=O) groups excluding carboxylic acids is 2. The average molecular weight is 380 g/mol. The van der Waals surface area contributed by atoms with Gasteiger partial charge in [0.2, 0.25) is 5.91 Å². The second-order valence-corrected chi connectivity index (χ2v) is 7.17. The van der Waals surface area contributed by atoms with Crippen LogP contribution in [-0.4, -0.2) is 36.5 Å². The van der Waals surface area contributed by atoms with Gasteiger partial charge in [0.05, 0.1) is 19.3 Å². The van der Waals surface area contributed by atoms with Crippen LogP contribution in [0.1, 0.15) is 48.1 Å². The van der Waals surface area contributed by atoms with Crippen LogP contribution in [0.5, 0.6) is 11.5 Å². The zero-order chi connectivity index (χ0) is 19.5. The normalized spacial score (nSPS) is 18.5. The lowest BCUT2D eigenvalue weighted by atomic mass is 10.0. The summed E-state index contributed by atoms with van der Waals surface area (Å²) < 4.78 is 11.5. The summed E-state index contributed by atoms with van der Waals surface area (Å²) >= 11 is 0. The van der Waals surface area contributed by atoms with E-state index in [9.17, 15) is 9.59 Å². The molecular formula is C22H24N2O4. The third kappa shape index (κ3) is 3.81. The fourth-order valence-corrected chi connectivity index (χ4v) is 3.81. The topological polar surface area (TPSA) is 67.9 Å². The number of hydrogen-bond acceptors (Lipinski definition) is 4. The van der Waals surface area contributed by atoms with Crippen molar-refractivity contribution >= 4 is 17.5 Å². The predicted octanol–water partition coefficient (Wildman–Crippen LogP) is 3.78. The molecule has 1 N–H and O–H groups in total. The van der Waals surface area contributed by atoms with E-state index >= 15 is 0 Å². The molecule has 0 radical (unpaired) electrons. The molecule has 1 fully saturated rings. The van der Waals surface area contributed by atoms with Gasteiger partial charge in [0.1, 0.15) is 0 Å². The second kappa shape index (κ2) is 7.92. The van der Waals surface area contributed by atoms with Crippen molar-refractivity contribution in [2.24, 2.45) is 0 Å². The van der Waals surface area contributed by atoms with Gasteiger partial charge in [-0.05, 0) is 54.8 Å². The van der Waals surface area contributed by atoms with Crippen LogP contribution in [0.2, 0.25) is 0 Å². The number of hydrogen-bond donors (Lipinski definition) is 1. The van der Waals surface area contributed by atoms with Gasteiger partial charge in [-0.15, -0.1) is 0 Å². The van der Waals surface area contributed by atoms with Crippen LogP contribution in [0.15, 0.2) is 42.5 Å². The summed E-state index contributed by atoms with van der Waals surface area (Å²) in [6.07, 6.45) is 2.76. The molecule has 1 atom stereocenters. The van der Waals surface area contributed by atoms with Gasteiger partial charge in [-0.25, -0.2) is 0 Å². The number of amides is 2. The molecule has 0 saturated carbocycles. The summed E-state index contributed by atoms with van der Waals surface area (Å²) in [5.74, 6) is 1.40. The lowest BCUT2D eigenvalue weighted by Gasteiger charge is -2.26. The molecule has 1 saturated heterocycles. The third-order valence-electron chi connectivity index (χ3n) is 5.12. The highest BCUT2D eigenvalue weighted by molar-refractivity contribution is 5.96. The summed E-state index contributed by atoms with van der Waals surface area (Å²) in [5, 5.41) is 2.72. The summed E-state index contributed by atoms with van der Waals surface area (Å²) in [6.45, 7) is 3.49. The van der Waals surface area contributed by atoms with E-state index in [0.717, 1.165) is 42.9 Å². The Labute approximate surface area is 164 Å². The molecule has 0 spiro atoms. The molecule has 2 aromatic rings. The number of rotatable bonds is 3. The van der Waals surface area contributed by atoms with Gasteiger partial charge in [-0.1, -0.05) is 6.07 Å². The minimum Gasteiger partial charge on any atom is -0.490 e. The fourth-order valence-electron chi connectivity index (χ4n) is 3.81. The molecule has 1 unspecified atom stereocenters. The van der Waals surface area contributed by atoms with Gasteiger partial charge in [0.25, 0.3) is 5.91 Å². The van der Waals surface area contributed by atoms with Crippen molar-refractivity contribution in [3.63, 3.8) is 0 Å². The van der Waals surface area contributed by atoms with Crippen LogP contribution >= 0.6 is 0 Å². The number of nitrogens with one attached hydrogen (secondary N) is 1. The van der Waals surface area contributed by atoms with Crippen LogP contribution in [0.3, 0.4) is 0 Å². The van der Waals surface area contributed by atoms with Crippen LogP contribution in [0, 0.1) is 0 Å². The van der Waals surface area contributed by atoms with E-state index in [-0.39, 0.29) is 17.9 Å². The Morgan fingerprint density at radius 2 is 1.75 bits per heavy atom. The minimum atomic E-state index is -0.131. The standard InChI is InChI=1S/C22H24N2O4/c1-15(25)23-18-8-5-16(6-9-18)22(26)24-11-2-4-19(24)17-7-10-20-21(14-17)28-13-3-12-27-20/h5-10,14,19H,2-4,11-13H2,1H3,(H,23,25). The molecule has 2 amide bonds. The molecule has 0 aromatic heterocycles. The number of ether oxygens (including phenoxy) is 2. The Morgan fingerprint density at radius 1 is 1.00 bits per heavy atom. The van der Waals surface area contributed by atoms with E-state index in [4.69, 9.17) is 9.47 Å². The zero-order valence-corrected chi connectivity index (χ0v) is 15.9. The van der Waals surface area contributed by atoms with E-state index < -0.39 is 0 Å². The first-order valence-electron chi connectivity index (χ1n) is 9.70. The quantitative estimate of drug-likeness (QED) is 0.880. The predicted molar refractivity (Wildman–Crippen MR) is 106 cm³/mol. The molecule has 2 heterocycles. The molecule has 2 aliphatic rings. The Balaban J connectivity index is 1.54. The first-order valence-corrected chi connectivity index (χ1v) is 9.70. The van der Waals surface area contributed by atoms with Gasteiger partial charge < -0.3 is 19.7 Å². The Bertz CT molecular complexity index is 879. The van der Waals surface area contributed by atoms with Gasteiger partial charge in [0.15, 0.2) is 11.5 Å². The average Bonchev–Trinajstić information content (AvgIpc) is 3.06. The Hall–Kier alpha value is -3.02. The molecule has 0 bridgehead atoms. The van der Waals surface area contributed by atoms with E-state index in [1.54, 1.807) is 24.3 Å². The van der Waals surface area contributed by atoms with Crippen molar-refractivity contribution in [2.75, 3.05) is 25.1 Å². The molecule has 6 nitrogen and oxygen atoms in total. The summed E-state index contributed by atoms with van der Waals surface area (Å²) in [6, 6.07) is 13.0. The summed E-state index contributed by atoms with van der Waals surface area (Å²) in [5.41, 5.74) is 2.38. The SMILES string of the molecule is CC(=O)Nc1ccc(C(=O)N2CCCC2c2ccc3c(c2)OCCCO3)cc1. The summed E-state index contributed by atoms with van der Waals surface area (Å²) in [4.78, 5) is 26.2. The van der Waals surface area contributed by atoms with Gasteiger partial charge >= 0.3 is 0 Å². The van der Waals surface area contributed by atoms with Crippen molar-refractivity contribution in [3.8, 4) is 11.5 Å². The first-order chi connectivity index (χ1) is 13.6. The molecule has 6 heteroatoms. The zero-order valence-electron chi connectivity index (χ0n) is 15.9. The fraction of sp³-hybridized carbons (Fsp3) is 0.364. The van der Waals surface area contributed by atoms with Crippen molar-refractivity contribution < 1.29 is 19.1 Å². The number of nitrogens with zero attached hydrogens (tertiary/aromatic N) is 1. The van der Waals surface area contributed by atoms with Crippen molar-refractivity contribution in [2.45, 2.75) is 32.2 Å². The maximum atomic E-state index is 13.1.